The van der Waals surface area contributed by atoms with E-state index in [9.17, 15) is 4.79 Å². The molecule has 0 bridgehead atoms. The molecule has 0 aliphatic heterocycles. The molecule has 8 nitrogen and oxygen atoms in total. The van der Waals surface area contributed by atoms with Crippen molar-refractivity contribution in [2.75, 3.05) is 6.54 Å². The molecule has 8 heteroatoms. The van der Waals surface area contributed by atoms with E-state index >= 15 is 0 Å². The molecule has 0 fully saturated rings. The Morgan fingerprint density at radius 1 is 1.23 bits per heavy atom. The first kappa shape index (κ1) is 17.7. The number of hydrogen-bond acceptors (Lipinski definition) is 4. The van der Waals surface area contributed by atoms with Gasteiger partial charge in [0, 0.05) is 43.9 Å². The number of rotatable bonds is 7. The van der Waals surface area contributed by atoms with Crippen LogP contribution in [0.5, 0.6) is 0 Å². The second-order valence-electron chi connectivity index (χ2n) is 6.10. The van der Waals surface area contributed by atoms with Gasteiger partial charge in [0.2, 0.25) is 0 Å². The second-order valence-corrected chi connectivity index (χ2v) is 6.10. The number of nitrogens with one attached hydrogen (secondary N) is 2. The molecule has 0 saturated carbocycles. The first-order valence-electron chi connectivity index (χ1n) is 8.59. The maximum Gasteiger partial charge on any atom is 0.315 e. The molecule has 0 spiro atoms. The minimum atomic E-state index is -0.187. The van der Waals surface area contributed by atoms with E-state index in [1.165, 1.54) is 0 Å². The van der Waals surface area contributed by atoms with Crippen molar-refractivity contribution in [2.45, 2.75) is 33.4 Å². The number of pyridine rings is 1. The highest BCUT2D eigenvalue weighted by Crippen LogP contribution is 2.10. The largest absolute Gasteiger partial charge is 0.338 e. The van der Waals surface area contributed by atoms with Gasteiger partial charge in [-0.1, -0.05) is 6.07 Å². The smallest absolute Gasteiger partial charge is 0.315 e. The van der Waals surface area contributed by atoms with E-state index in [0.717, 1.165) is 35.7 Å². The topological polar surface area (TPSA) is 89.7 Å². The van der Waals surface area contributed by atoms with Gasteiger partial charge < -0.3 is 10.6 Å². The van der Waals surface area contributed by atoms with Gasteiger partial charge in [0.15, 0.2) is 5.82 Å². The van der Waals surface area contributed by atoms with Crippen molar-refractivity contribution in [3.8, 4) is 5.82 Å². The monoisotopic (exact) mass is 353 g/mol. The first-order valence-corrected chi connectivity index (χ1v) is 8.59. The van der Waals surface area contributed by atoms with Crippen LogP contribution in [0.25, 0.3) is 5.82 Å². The maximum atomic E-state index is 11.8. The van der Waals surface area contributed by atoms with Crippen molar-refractivity contribution in [1.29, 1.82) is 0 Å². The number of aromatic nitrogens is 5. The van der Waals surface area contributed by atoms with Crippen LogP contribution < -0.4 is 10.6 Å². The Hall–Kier alpha value is -3.16. The summed E-state index contributed by atoms with van der Waals surface area (Å²) in [5, 5.41) is 14.2. The lowest BCUT2D eigenvalue weighted by molar-refractivity contribution is 0.240. The van der Waals surface area contributed by atoms with E-state index in [1.807, 2.05) is 49.0 Å². The number of urea groups is 1. The molecule has 3 rings (SSSR count). The van der Waals surface area contributed by atoms with Crippen LogP contribution in [0, 0.1) is 13.8 Å². The van der Waals surface area contributed by atoms with Gasteiger partial charge in [0.25, 0.3) is 0 Å². The van der Waals surface area contributed by atoms with Gasteiger partial charge in [-0.05, 0) is 44.0 Å². The van der Waals surface area contributed by atoms with E-state index in [1.54, 1.807) is 17.1 Å². The Kier molecular flexibility index (Phi) is 5.62. The highest BCUT2D eigenvalue weighted by molar-refractivity contribution is 5.73. The lowest BCUT2D eigenvalue weighted by atomic mass is 10.3. The van der Waals surface area contributed by atoms with E-state index in [2.05, 4.69) is 25.8 Å². The van der Waals surface area contributed by atoms with Crippen molar-refractivity contribution in [1.82, 2.24) is 35.2 Å². The molecule has 0 atom stereocenters. The number of hydrogen-bond donors (Lipinski definition) is 2. The molecule has 0 aliphatic rings. The lowest BCUT2D eigenvalue weighted by Gasteiger charge is -2.08. The van der Waals surface area contributed by atoms with E-state index < -0.39 is 0 Å². The Morgan fingerprint density at radius 2 is 2.12 bits per heavy atom. The lowest BCUT2D eigenvalue weighted by Crippen LogP contribution is -2.35. The molecule has 0 saturated heterocycles. The molecule has 0 aliphatic carbocycles. The van der Waals surface area contributed by atoms with Gasteiger partial charge in [-0.15, -0.1) is 0 Å². The van der Waals surface area contributed by atoms with Gasteiger partial charge in [0.1, 0.15) is 0 Å². The standard InChI is InChI=1S/C18H23N7O/c1-14-11-15(2)25(23-14)17-6-5-16(12-20-17)13-21-18(26)19-7-3-9-24-10-4-8-22-24/h4-6,8,10-12H,3,7,9,13H2,1-2H3,(H2,19,21,26). The van der Waals surface area contributed by atoms with E-state index in [-0.39, 0.29) is 6.03 Å². The molecule has 3 heterocycles. The van der Waals surface area contributed by atoms with Gasteiger partial charge in [0.05, 0.1) is 5.69 Å². The van der Waals surface area contributed by atoms with Crippen molar-refractivity contribution >= 4 is 6.03 Å². The maximum absolute atomic E-state index is 11.8. The zero-order valence-corrected chi connectivity index (χ0v) is 15.0. The summed E-state index contributed by atoms with van der Waals surface area (Å²) in [5.41, 5.74) is 2.93. The fourth-order valence-corrected chi connectivity index (χ4v) is 2.63. The number of carbonyl (C=O) groups excluding carboxylic acids is 1. The van der Waals surface area contributed by atoms with Crippen molar-refractivity contribution < 1.29 is 4.79 Å². The molecule has 2 N–H and O–H groups in total. The summed E-state index contributed by atoms with van der Waals surface area (Å²) in [5.74, 6) is 0.766. The first-order chi connectivity index (χ1) is 12.6. The van der Waals surface area contributed by atoms with Gasteiger partial charge >= 0.3 is 6.03 Å². The fourth-order valence-electron chi connectivity index (χ4n) is 2.63. The van der Waals surface area contributed by atoms with Crippen LogP contribution >= 0.6 is 0 Å². The highest BCUT2D eigenvalue weighted by atomic mass is 16.2. The Balaban J connectivity index is 1.41. The third-order valence-corrected chi connectivity index (χ3v) is 3.90. The summed E-state index contributed by atoms with van der Waals surface area (Å²) in [4.78, 5) is 16.3. The zero-order valence-electron chi connectivity index (χ0n) is 15.0. The molecule has 0 aromatic carbocycles. The number of nitrogens with zero attached hydrogens (tertiary/aromatic N) is 5. The van der Waals surface area contributed by atoms with Gasteiger partial charge in [-0.3, -0.25) is 4.68 Å². The van der Waals surface area contributed by atoms with Crippen LogP contribution in [0.1, 0.15) is 23.4 Å². The number of carbonyl (C=O) groups is 1. The summed E-state index contributed by atoms with van der Waals surface area (Å²) in [6, 6.07) is 7.55. The van der Waals surface area contributed by atoms with Crippen LogP contribution in [0.2, 0.25) is 0 Å². The molecule has 0 unspecified atom stereocenters. The Labute approximate surface area is 152 Å². The third kappa shape index (κ3) is 4.69. The van der Waals surface area contributed by atoms with E-state index in [0.29, 0.717) is 13.1 Å². The van der Waals surface area contributed by atoms with Gasteiger partial charge in [-0.2, -0.15) is 10.2 Å². The van der Waals surface area contributed by atoms with Crippen molar-refractivity contribution in [3.63, 3.8) is 0 Å². The summed E-state index contributed by atoms with van der Waals surface area (Å²) in [7, 11) is 0. The van der Waals surface area contributed by atoms with Crippen LogP contribution in [0.4, 0.5) is 4.79 Å². The van der Waals surface area contributed by atoms with Crippen LogP contribution in [-0.2, 0) is 13.1 Å². The predicted molar refractivity (Wildman–Crippen MR) is 97.9 cm³/mol. The Bertz CT molecular complexity index is 837. The highest BCUT2D eigenvalue weighted by Gasteiger charge is 2.05. The summed E-state index contributed by atoms with van der Waals surface area (Å²) in [6.45, 7) is 5.75. The molecule has 0 radical (unpaired) electrons. The Morgan fingerprint density at radius 3 is 2.77 bits per heavy atom. The summed E-state index contributed by atoms with van der Waals surface area (Å²) < 4.78 is 3.65. The molecular formula is C18H23N7O. The minimum absolute atomic E-state index is 0.187. The number of aryl methyl sites for hydroxylation is 3. The molecule has 3 aromatic rings. The van der Waals surface area contributed by atoms with Crippen molar-refractivity contribution in [2.24, 2.45) is 0 Å². The number of amides is 2. The van der Waals surface area contributed by atoms with E-state index in [4.69, 9.17) is 0 Å². The average Bonchev–Trinajstić information content (AvgIpc) is 3.26. The normalized spacial score (nSPS) is 10.7. The SMILES string of the molecule is Cc1cc(C)n(-c2ccc(CNC(=O)NCCCn3cccn3)cn2)n1. The zero-order chi connectivity index (χ0) is 18.4. The van der Waals surface area contributed by atoms with Gasteiger partial charge in [-0.25, -0.2) is 14.5 Å². The van der Waals surface area contributed by atoms with Crippen molar-refractivity contribution in [3.05, 3.63) is 59.8 Å². The fraction of sp³-hybridized carbons (Fsp3) is 0.333. The molecule has 2 amide bonds. The third-order valence-electron chi connectivity index (χ3n) is 3.90. The van der Waals surface area contributed by atoms with Crippen LogP contribution in [0.15, 0.2) is 42.9 Å². The minimum Gasteiger partial charge on any atom is -0.338 e. The predicted octanol–water partition coefficient (Wildman–Crippen LogP) is 1.97. The molecular weight excluding hydrogens is 330 g/mol. The molecule has 136 valence electrons. The molecule has 26 heavy (non-hydrogen) atoms. The van der Waals surface area contributed by atoms with Crippen LogP contribution in [-0.4, -0.2) is 37.1 Å². The quantitative estimate of drug-likeness (QED) is 0.636. The summed E-state index contributed by atoms with van der Waals surface area (Å²) in [6.07, 6.45) is 6.23. The van der Waals surface area contributed by atoms with Crippen LogP contribution in [0.3, 0.4) is 0 Å². The average molecular weight is 353 g/mol. The summed E-state index contributed by atoms with van der Waals surface area (Å²) >= 11 is 0. The second kappa shape index (κ2) is 8.28. The molecule has 3 aromatic heterocycles.